The first kappa shape index (κ1) is 17.0. The minimum atomic E-state index is -0.431. The van der Waals surface area contributed by atoms with Crippen LogP contribution < -0.4 is 4.74 Å². The topological polar surface area (TPSA) is 55.8 Å². The lowest BCUT2D eigenvalue weighted by molar-refractivity contribution is 0.0606. The maximum absolute atomic E-state index is 12.6. The number of benzene rings is 1. The molecule has 1 unspecified atom stereocenters. The van der Waals surface area contributed by atoms with Crippen LogP contribution in [0.4, 0.5) is 0 Å². The van der Waals surface area contributed by atoms with Gasteiger partial charge in [-0.1, -0.05) is 12.1 Å². The number of nitrogens with zero attached hydrogens (tertiary/aromatic N) is 1. The summed E-state index contributed by atoms with van der Waals surface area (Å²) in [6.07, 6.45) is 0. The van der Waals surface area contributed by atoms with Crippen LogP contribution in [-0.4, -0.2) is 38.0 Å². The van der Waals surface area contributed by atoms with E-state index in [0.29, 0.717) is 9.75 Å². The smallest absolute Gasteiger partial charge is 0.348 e. The molecule has 1 aromatic heterocycles. The van der Waals surface area contributed by atoms with Crippen molar-refractivity contribution in [3.63, 3.8) is 0 Å². The molecule has 0 aliphatic rings. The quantitative estimate of drug-likeness (QED) is 0.787. The van der Waals surface area contributed by atoms with Gasteiger partial charge in [0.15, 0.2) is 0 Å². The van der Waals surface area contributed by atoms with Crippen LogP contribution in [-0.2, 0) is 4.74 Å². The number of rotatable bonds is 5. The van der Waals surface area contributed by atoms with E-state index < -0.39 is 5.97 Å². The molecule has 122 valence electrons. The predicted octanol–water partition coefficient (Wildman–Crippen LogP) is 3.38. The number of ether oxygens (including phenoxy) is 2. The first-order chi connectivity index (χ1) is 11.0. The van der Waals surface area contributed by atoms with Crippen LogP contribution in [0.15, 0.2) is 36.4 Å². The molecule has 0 saturated carbocycles. The van der Waals surface area contributed by atoms with Crippen LogP contribution >= 0.6 is 11.3 Å². The van der Waals surface area contributed by atoms with E-state index in [9.17, 15) is 9.59 Å². The van der Waals surface area contributed by atoms with Gasteiger partial charge in [0.05, 0.1) is 25.1 Å². The number of thiophene rings is 1. The molecule has 0 spiro atoms. The van der Waals surface area contributed by atoms with Gasteiger partial charge in [-0.3, -0.25) is 4.79 Å². The minimum Gasteiger partial charge on any atom is -0.497 e. The van der Waals surface area contributed by atoms with Gasteiger partial charge in [0.25, 0.3) is 5.91 Å². The van der Waals surface area contributed by atoms with Crippen LogP contribution in [0, 0.1) is 0 Å². The van der Waals surface area contributed by atoms with Crippen LogP contribution in [0.25, 0.3) is 0 Å². The Kier molecular flexibility index (Phi) is 5.39. The van der Waals surface area contributed by atoms with E-state index in [1.165, 1.54) is 7.11 Å². The van der Waals surface area contributed by atoms with Gasteiger partial charge in [0.2, 0.25) is 0 Å². The van der Waals surface area contributed by atoms with Crippen LogP contribution in [0.3, 0.4) is 0 Å². The van der Waals surface area contributed by atoms with Crippen molar-refractivity contribution in [2.24, 2.45) is 0 Å². The van der Waals surface area contributed by atoms with Gasteiger partial charge in [-0.25, -0.2) is 4.79 Å². The van der Waals surface area contributed by atoms with Crippen molar-refractivity contribution in [1.82, 2.24) is 4.90 Å². The molecule has 0 bridgehead atoms. The van der Waals surface area contributed by atoms with E-state index in [0.717, 1.165) is 22.6 Å². The first-order valence-electron chi connectivity index (χ1n) is 7.07. The molecule has 0 fully saturated rings. The summed E-state index contributed by atoms with van der Waals surface area (Å²) in [6.45, 7) is 1.95. The maximum atomic E-state index is 12.6. The summed E-state index contributed by atoms with van der Waals surface area (Å²) in [4.78, 5) is 26.6. The standard InChI is InChI=1S/C17H19NO4S/c1-11(12-5-7-13(21-3)8-6-12)18(2)16(19)14-9-10-15(23-14)17(20)22-4/h5-11H,1-4H3. The Balaban J connectivity index is 2.14. The number of hydrogen-bond donors (Lipinski definition) is 0. The second kappa shape index (κ2) is 7.28. The van der Waals surface area contributed by atoms with E-state index in [1.807, 2.05) is 31.2 Å². The molecular formula is C17H19NO4S. The second-order valence-electron chi connectivity index (χ2n) is 5.02. The number of methoxy groups -OCH3 is 2. The molecule has 0 aliphatic heterocycles. The normalized spacial score (nSPS) is 11.7. The van der Waals surface area contributed by atoms with E-state index >= 15 is 0 Å². The van der Waals surface area contributed by atoms with Gasteiger partial charge in [-0.05, 0) is 36.8 Å². The Morgan fingerprint density at radius 1 is 1.04 bits per heavy atom. The van der Waals surface area contributed by atoms with Crippen molar-refractivity contribution in [2.45, 2.75) is 13.0 Å². The maximum Gasteiger partial charge on any atom is 0.348 e. The van der Waals surface area contributed by atoms with Gasteiger partial charge >= 0.3 is 5.97 Å². The Hall–Kier alpha value is -2.34. The lowest BCUT2D eigenvalue weighted by Gasteiger charge is -2.25. The van der Waals surface area contributed by atoms with Crippen molar-refractivity contribution < 1.29 is 19.1 Å². The summed E-state index contributed by atoms with van der Waals surface area (Å²) < 4.78 is 9.80. The third kappa shape index (κ3) is 3.71. The zero-order valence-corrected chi connectivity index (χ0v) is 14.3. The fourth-order valence-corrected chi connectivity index (χ4v) is 3.03. The summed E-state index contributed by atoms with van der Waals surface area (Å²) in [7, 11) is 4.68. The fraction of sp³-hybridized carbons (Fsp3) is 0.294. The summed E-state index contributed by atoms with van der Waals surface area (Å²) in [5.41, 5.74) is 1.01. The summed E-state index contributed by atoms with van der Waals surface area (Å²) in [5.74, 6) is 0.212. The van der Waals surface area contributed by atoms with E-state index in [2.05, 4.69) is 4.74 Å². The second-order valence-corrected chi connectivity index (χ2v) is 6.10. The number of esters is 1. The Bertz CT molecular complexity index is 693. The van der Waals surface area contributed by atoms with E-state index in [-0.39, 0.29) is 11.9 Å². The van der Waals surface area contributed by atoms with Crippen molar-refractivity contribution in [2.75, 3.05) is 21.3 Å². The number of amides is 1. The van der Waals surface area contributed by atoms with E-state index in [4.69, 9.17) is 4.74 Å². The van der Waals surface area contributed by atoms with Gasteiger partial charge in [-0.15, -0.1) is 11.3 Å². The molecule has 1 amide bonds. The van der Waals surface area contributed by atoms with E-state index in [1.54, 1.807) is 31.2 Å². The Morgan fingerprint density at radius 2 is 1.65 bits per heavy atom. The lowest BCUT2D eigenvalue weighted by Crippen LogP contribution is -2.29. The summed E-state index contributed by atoms with van der Waals surface area (Å²) >= 11 is 1.13. The molecule has 0 saturated heterocycles. The molecule has 5 nitrogen and oxygen atoms in total. The molecule has 1 heterocycles. The molecule has 2 aromatic rings. The first-order valence-corrected chi connectivity index (χ1v) is 7.88. The molecule has 2 rings (SSSR count). The summed E-state index contributed by atoms with van der Waals surface area (Å²) in [6, 6.07) is 10.8. The van der Waals surface area contributed by atoms with Gasteiger partial charge in [0.1, 0.15) is 10.6 Å². The SMILES string of the molecule is COC(=O)c1ccc(C(=O)N(C)C(C)c2ccc(OC)cc2)s1. The highest BCUT2D eigenvalue weighted by Gasteiger charge is 2.21. The van der Waals surface area contributed by atoms with Crippen LogP contribution in [0.5, 0.6) is 5.75 Å². The van der Waals surface area contributed by atoms with Gasteiger partial charge in [-0.2, -0.15) is 0 Å². The fourth-order valence-electron chi connectivity index (χ4n) is 2.12. The molecule has 23 heavy (non-hydrogen) atoms. The summed E-state index contributed by atoms with van der Waals surface area (Å²) in [5, 5.41) is 0. The molecule has 1 atom stereocenters. The van der Waals surface area contributed by atoms with Crippen molar-refractivity contribution in [3.8, 4) is 5.75 Å². The zero-order valence-electron chi connectivity index (χ0n) is 13.5. The molecule has 0 aliphatic carbocycles. The van der Waals surface area contributed by atoms with Crippen molar-refractivity contribution >= 4 is 23.2 Å². The highest BCUT2D eigenvalue weighted by Crippen LogP contribution is 2.25. The van der Waals surface area contributed by atoms with Crippen molar-refractivity contribution in [3.05, 3.63) is 51.7 Å². The largest absolute Gasteiger partial charge is 0.497 e. The molecule has 0 N–H and O–H groups in total. The third-order valence-corrected chi connectivity index (χ3v) is 4.76. The highest BCUT2D eigenvalue weighted by molar-refractivity contribution is 7.15. The van der Waals surface area contributed by atoms with Crippen LogP contribution in [0.2, 0.25) is 0 Å². The number of carbonyl (C=O) groups is 2. The van der Waals surface area contributed by atoms with Crippen LogP contribution in [0.1, 0.15) is 37.9 Å². The molecule has 0 radical (unpaired) electrons. The number of carbonyl (C=O) groups excluding carboxylic acids is 2. The Morgan fingerprint density at radius 3 is 2.22 bits per heavy atom. The molecular weight excluding hydrogens is 314 g/mol. The lowest BCUT2D eigenvalue weighted by atomic mass is 10.1. The average molecular weight is 333 g/mol. The molecule has 6 heteroatoms. The zero-order chi connectivity index (χ0) is 17.0. The Labute approximate surface area is 139 Å². The van der Waals surface area contributed by atoms with Crippen molar-refractivity contribution in [1.29, 1.82) is 0 Å². The molecule has 1 aromatic carbocycles. The predicted molar refractivity (Wildman–Crippen MR) is 89.2 cm³/mol. The highest BCUT2D eigenvalue weighted by atomic mass is 32.1. The number of hydrogen-bond acceptors (Lipinski definition) is 5. The monoisotopic (exact) mass is 333 g/mol. The average Bonchev–Trinajstić information content (AvgIpc) is 3.09. The minimum absolute atomic E-state index is 0.0999. The van der Waals surface area contributed by atoms with Gasteiger partial charge in [0, 0.05) is 7.05 Å². The third-order valence-electron chi connectivity index (χ3n) is 3.70. The van der Waals surface area contributed by atoms with Gasteiger partial charge < -0.3 is 14.4 Å².